The Balaban J connectivity index is 1.54. The van der Waals surface area contributed by atoms with Gasteiger partial charge in [0.15, 0.2) is 0 Å². The van der Waals surface area contributed by atoms with Crippen LogP contribution in [0.4, 0.5) is 11.6 Å². The standard InChI is InChI=1S/C18H23N5O2/c1-25-12-7-19-17(24)15-13-20-18(21-14-15)23-10-8-22(9-11-23)16-5-3-2-4-6-16/h2-6,13-14H,7-12H2,1H3,(H,19,24). The zero-order chi connectivity index (χ0) is 17.5. The third kappa shape index (κ3) is 4.45. The van der Waals surface area contributed by atoms with Crippen LogP contribution in [0.3, 0.4) is 0 Å². The van der Waals surface area contributed by atoms with E-state index in [9.17, 15) is 4.79 Å². The third-order valence-electron chi connectivity index (χ3n) is 4.18. The molecule has 25 heavy (non-hydrogen) atoms. The lowest BCUT2D eigenvalue weighted by Crippen LogP contribution is -2.47. The third-order valence-corrected chi connectivity index (χ3v) is 4.18. The Labute approximate surface area is 147 Å². The van der Waals surface area contributed by atoms with E-state index >= 15 is 0 Å². The molecule has 0 aliphatic carbocycles. The van der Waals surface area contributed by atoms with E-state index in [4.69, 9.17) is 4.74 Å². The summed E-state index contributed by atoms with van der Waals surface area (Å²) < 4.78 is 4.91. The van der Waals surface area contributed by atoms with E-state index in [0.717, 1.165) is 26.2 Å². The van der Waals surface area contributed by atoms with Gasteiger partial charge in [-0.05, 0) is 12.1 Å². The van der Waals surface area contributed by atoms with Gasteiger partial charge in [-0.25, -0.2) is 9.97 Å². The number of hydrogen-bond donors (Lipinski definition) is 1. The number of hydrogen-bond acceptors (Lipinski definition) is 6. The van der Waals surface area contributed by atoms with Gasteiger partial charge in [-0.2, -0.15) is 0 Å². The monoisotopic (exact) mass is 341 g/mol. The van der Waals surface area contributed by atoms with E-state index in [2.05, 4.69) is 49.4 Å². The number of aromatic nitrogens is 2. The molecular formula is C18H23N5O2. The average molecular weight is 341 g/mol. The van der Waals surface area contributed by atoms with E-state index in [1.54, 1.807) is 19.5 Å². The molecule has 1 amide bonds. The van der Waals surface area contributed by atoms with Crippen molar-refractivity contribution in [1.29, 1.82) is 0 Å². The first kappa shape index (κ1) is 17.2. The smallest absolute Gasteiger partial charge is 0.254 e. The Bertz CT molecular complexity index is 670. The number of nitrogens with zero attached hydrogens (tertiary/aromatic N) is 4. The van der Waals surface area contributed by atoms with E-state index < -0.39 is 0 Å². The molecule has 1 aromatic carbocycles. The van der Waals surface area contributed by atoms with Crippen molar-refractivity contribution in [2.45, 2.75) is 0 Å². The van der Waals surface area contributed by atoms with Crippen LogP contribution in [-0.4, -0.2) is 62.3 Å². The van der Waals surface area contributed by atoms with E-state index in [1.807, 2.05) is 6.07 Å². The summed E-state index contributed by atoms with van der Waals surface area (Å²) >= 11 is 0. The maximum atomic E-state index is 11.9. The van der Waals surface area contributed by atoms with Gasteiger partial charge < -0.3 is 19.9 Å². The normalized spacial score (nSPS) is 14.4. The van der Waals surface area contributed by atoms with Crippen LogP contribution in [0.1, 0.15) is 10.4 Å². The fourth-order valence-corrected chi connectivity index (χ4v) is 2.77. The molecule has 1 fully saturated rings. The molecule has 0 saturated carbocycles. The highest BCUT2D eigenvalue weighted by Gasteiger charge is 2.19. The predicted molar refractivity (Wildman–Crippen MR) is 97.1 cm³/mol. The van der Waals surface area contributed by atoms with Crippen LogP contribution in [0.15, 0.2) is 42.7 Å². The summed E-state index contributed by atoms with van der Waals surface area (Å²) in [6.45, 7) is 4.51. The number of nitrogens with one attached hydrogen (secondary N) is 1. The van der Waals surface area contributed by atoms with Crippen molar-refractivity contribution in [3.63, 3.8) is 0 Å². The van der Waals surface area contributed by atoms with Gasteiger partial charge >= 0.3 is 0 Å². The summed E-state index contributed by atoms with van der Waals surface area (Å²) in [5.41, 5.74) is 1.70. The molecule has 1 N–H and O–H groups in total. The zero-order valence-corrected chi connectivity index (χ0v) is 14.4. The highest BCUT2D eigenvalue weighted by atomic mass is 16.5. The number of carbonyl (C=O) groups is 1. The lowest BCUT2D eigenvalue weighted by Gasteiger charge is -2.36. The molecule has 1 aromatic heterocycles. The van der Waals surface area contributed by atoms with Gasteiger partial charge in [-0.1, -0.05) is 18.2 Å². The first-order chi connectivity index (χ1) is 12.3. The van der Waals surface area contributed by atoms with Crippen molar-refractivity contribution in [3.8, 4) is 0 Å². The number of ether oxygens (including phenoxy) is 1. The van der Waals surface area contributed by atoms with Crippen molar-refractivity contribution >= 4 is 17.5 Å². The fourth-order valence-electron chi connectivity index (χ4n) is 2.77. The van der Waals surface area contributed by atoms with E-state index in [1.165, 1.54) is 5.69 Å². The molecule has 1 saturated heterocycles. The Kier molecular flexibility index (Phi) is 5.79. The first-order valence-electron chi connectivity index (χ1n) is 8.42. The molecule has 0 atom stereocenters. The van der Waals surface area contributed by atoms with Gasteiger partial charge in [0.25, 0.3) is 5.91 Å². The maximum Gasteiger partial charge on any atom is 0.254 e. The highest BCUT2D eigenvalue weighted by Crippen LogP contribution is 2.17. The molecule has 1 aliphatic heterocycles. The number of anilines is 2. The van der Waals surface area contributed by atoms with Crippen molar-refractivity contribution in [1.82, 2.24) is 15.3 Å². The Morgan fingerprint density at radius 3 is 2.36 bits per heavy atom. The molecule has 0 bridgehead atoms. The SMILES string of the molecule is COCCNC(=O)c1cnc(N2CCN(c3ccccc3)CC2)nc1. The highest BCUT2D eigenvalue weighted by molar-refractivity contribution is 5.93. The second kappa shape index (κ2) is 8.43. The van der Waals surface area contributed by atoms with Crippen molar-refractivity contribution in [3.05, 3.63) is 48.3 Å². The Hall–Kier alpha value is -2.67. The summed E-state index contributed by atoms with van der Waals surface area (Å²) in [5.74, 6) is 0.485. The minimum absolute atomic E-state index is 0.183. The molecule has 1 aliphatic rings. The summed E-state index contributed by atoms with van der Waals surface area (Å²) in [6, 6.07) is 10.4. The average Bonchev–Trinajstić information content (AvgIpc) is 2.69. The van der Waals surface area contributed by atoms with Crippen molar-refractivity contribution < 1.29 is 9.53 Å². The molecule has 132 valence electrons. The number of methoxy groups -OCH3 is 1. The van der Waals surface area contributed by atoms with Crippen LogP contribution >= 0.6 is 0 Å². The number of rotatable bonds is 6. The number of para-hydroxylation sites is 1. The molecule has 7 heteroatoms. The number of amides is 1. The van der Waals surface area contributed by atoms with Crippen LogP contribution in [0.2, 0.25) is 0 Å². The van der Waals surface area contributed by atoms with Crippen LogP contribution in [0.25, 0.3) is 0 Å². The zero-order valence-electron chi connectivity index (χ0n) is 14.4. The summed E-state index contributed by atoms with van der Waals surface area (Å²) in [6.07, 6.45) is 3.15. The van der Waals surface area contributed by atoms with Gasteiger partial charge in [0.2, 0.25) is 5.95 Å². The van der Waals surface area contributed by atoms with Crippen molar-refractivity contribution in [2.75, 3.05) is 56.2 Å². The maximum absolute atomic E-state index is 11.9. The van der Waals surface area contributed by atoms with Gasteiger partial charge in [0, 0.05) is 57.9 Å². The van der Waals surface area contributed by atoms with Gasteiger partial charge in [-0.3, -0.25) is 4.79 Å². The molecule has 0 radical (unpaired) electrons. The lowest BCUT2D eigenvalue weighted by atomic mass is 10.2. The van der Waals surface area contributed by atoms with Crippen LogP contribution in [-0.2, 0) is 4.74 Å². The topological polar surface area (TPSA) is 70.6 Å². The van der Waals surface area contributed by atoms with Gasteiger partial charge in [0.05, 0.1) is 12.2 Å². The Morgan fingerprint density at radius 1 is 1.08 bits per heavy atom. The first-order valence-corrected chi connectivity index (χ1v) is 8.42. The minimum atomic E-state index is -0.183. The predicted octanol–water partition coefficient (Wildman–Crippen LogP) is 1.18. The summed E-state index contributed by atoms with van der Waals surface area (Å²) in [7, 11) is 1.60. The lowest BCUT2D eigenvalue weighted by molar-refractivity contribution is 0.0936. The second-order valence-corrected chi connectivity index (χ2v) is 5.83. The number of piperazine rings is 1. The van der Waals surface area contributed by atoms with Gasteiger partial charge in [-0.15, -0.1) is 0 Å². The molecular weight excluding hydrogens is 318 g/mol. The largest absolute Gasteiger partial charge is 0.383 e. The molecule has 3 rings (SSSR count). The quantitative estimate of drug-likeness (QED) is 0.796. The second-order valence-electron chi connectivity index (χ2n) is 5.83. The number of carbonyl (C=O) groups excluding carboxylic acids is 1. The Morgan fingerprint density at radius 2 is 1.72 bits per heavy atom. The van der Waals surface area contributed by atoms with Crippen LogP contribution in [0.5, 0.6) is 0 Å². The van der Waals surface area contributed by atoms with Crippen LogP contribution < -0.4 is 15.1 Å². The molecule has 7 nitrogen and oxygen atoms in total. The fraction of sp³-hybridized carbons (Fsp3) is 0.389. The molecule has 0 unspecified atom stereocenters. The molecule has 2 heterocycles. The summed E-state index contributed by atoms with van der Waals surface area (Å²) in [4.78, 5) is 25.1. The van der Waals surface area contributed by atoms with Crippen LogP contribution in [0, 0.1) is 0 Å². The van der Waals surface area contributed by atoms with E-state index in [-0.39, 0.29) is 5.91 Å². The molecule has 0 spiro atoms. The number of benzene rings is 1. The van der Waals surface area contributed by atoms with Crippen molar-refractivity contribution in [2.24, 2.45) is 0 Å². The van der Waals surface area contributed by atoms with E-state index in [0.29, 0.717) is 24.7 Å². The summed E-state index contributed by atoms with van der Waals surface area (Å²) in [5, 5.41) is 2.76. The molecule has 2 aromatic rings. The van der Waals surface area contributed by atoms with Gasteiger partial charge in [0.1, 0.15) is 0 Å². The minimum Gasteiger partial charge on any atom is -0.383 e.